The fraction of sp³-hybridized carbons (Fsp3) is 0.381. The number of para-hydroxylation sites is 1. The molecule has 0 bridgehead atoms. The Morgan fingerprint density at radius 1 is 1.00 bits per heavy atom. The number of anilines is 2. The van der Waals surface area contributed by atoms with Crippen LogP contribution in [0.4, 0.5) is 11.4 Å². The third kappa shape index (κ3) is 3.46. The van der Waals surface area contributed by atoms with Crippen molar-refractivity contribution in [1.29, 1.82) is 0 Å². The first-order chi connectivity index (χ1) is 13.3. The largest absolute Gasteiger partial charge is 0.368 e. The van der Waals surface area contributed by atoms with Gasteiger partial charge in [-0.1, -0.05) is 18.2 Å². The molecule has 1 atom stereocenters. The summed E-state index contributed by atoms with van der Waals surface area (Å²) in [4.78, 5) is 17.2. The number of hydrogen-bond donors (Lipinski definition) is 0. The quantitative estimate of drug-likeness (QED) is 0.795. The minimum atomic E-state index is -3.32. The summed E-state index contributed by atoms with van der Waals surface area (Å²) in [6.07, 6.45) is 1.86. The highest BCUT2D eigenvalue weighted by Crippen LogP contribution is 2.35. The molecule has 0 N–H and O–H groups in total. The van der Waals surface area contributed by atoms with Crippen molar-refractivity contribution < 1.29 is 13.2 Å². The van der Waals surface area contributed by atoms with E-state index in [1.165, 1.54) is 16.2 Å². The van der Waals surface area contributed by atoms with E-state index in [4.69, 9.17) is 0 Å². The molecule has 2 aromatic rings. The van der Waals surface area contributed by atoms with Gasteiger partial charge in [-0.05, 0) is 49.2 Å². The van der Waals surface area contributed by atoms with Crippen LogP contribution in [0.2, 0.25) is 0 Å². The van der Waals surface area contributed by atoms with Gasteiger partial charge in [-0.2, -0.15) is 0 Å². The van der Waals surface area contributed by atoms with Crippen molar-refractivity contribution in [1.82, 2.24) is 4.90 Å². The highest BCUT2D eigenvalue weighted by molar-refractivity contribution is 7.92. The molecule has 2 heterocycles. The van der Waals surface area contributed by atoms with Crippen LogP contribution in [0, 0.1) is 0 Å². The number of amides is 1. The Morgan fingerprint density at radius 2 is 1.68 bits per heavy atom. The van der Waals surface area contributed by atoms with Gasteiger partial charge in [0.05, 0.1) is 11.9 Å². The zero-order chi connectivity index (χ0) is 19.9. The number of fused-ring (bicyclic) bond motifs is 1. The molecule has 28 heavy (non-hydrogen) atoms. The maximum atomic E-state index is 13.0. The van der Waals surface area contributed by atoms with E-state index in [0.29, 0.717) is 30.8 Å². The summed E-state index contributed by atoms with van der Waals surface area (Å²) in [5.41, 5.74) is 3.43. The van der Waals surface area contributed by atoms with Crippen molar-refractivity contribution in [2.45, 2.75) is 19.4 Å². The molecule has 0 radical (unpaired) electrons. The van der Waals surface area contributed by atoms with Crippen molar-refractivity contribution in [3.05, 3.63) is 59.7 Å². The fourth-order valence-corrected chi connectivity index (χ4v) is 5.49. The molecule has 148 valence electrons. The maximum absolute atomic E-state index is 13.0. The number of carbonyl (C=O) groups is 1. The lowest BCUT2D eigenvalue weighted by atomic mass is 10.1. The van der Waals surface area contributed by atoms with Gasteiger partial charge in [-0.15, -0.1) is 0 Å². The normalized spacial score (nSPS) is 19.6. The second-order valence-corrected chi connectivity index (χ2v) is 9.43. The SMILES string of the molecule is CC1Cc2cc(C(=O)N3CCN(c4ccccc4)CC3)ccc2N1S(C)(=O)=O. The number of nitrogens with zero attached hydrogens (tertiary/aromatic N) is 3. The molecular weight excluding hydrogens is 374 g/mol. The zero-order valence-corrected chi connectivity index (χ0v) is 17.0. The highest BCUT2D eigenvalue weighted by atomic mass is 32.2. The van der Waals surface area contributed by atoms with Crippen molar-refractivity contribution in [3.63, 3.8) is 0 Å². The summed E-state index contributed by atoms with van der Waals surface area (Å²) < 4.78 is 25.6. The molecule has 1 saturated heterocycles. The monoisotopic (exact) mass is 399 g/mol. The average Bonchev–Trinajstić information content (AvgIpc) is 3.03. The zero-order valence-electron chi connectivity index (χ0n) is 16.2. The number of rotatable bonds is 3. The summed E-state index contributed by atoms with van der Waals surface area (Å²) >= 11 is 0. The van der Waals surface area contributed by atoms with Gasteiger partial charge in [0, 0.05) is 43.5 Å². The lowest BCUT2D eigenvalue weighted by Crippen LogP contribution is -2.48. The lowest BCUT2D eigenvalue weighted by molar-refractivity contribution is 0.0746. The van der Waals surface area contributed by atoms with Crippen LogP contribution in [0.15, 0.2) is 48.5 Å². The van der Waals surface area contributed by atoms with E-state index < -0.39 is 10.0 Å². The molecule has 0 aliphatic carbocycles. The molecular formula is C21H25N3O3S. The molecule has 1 amide bonds. The number of benzene rings is 2. The molecule has 1 unspecified atom stereocenters. The number of carbonyl (C=O) groups excluding carboxylic acids is 1. The van der Waals surface area contributed by atoms with E-state index >= 15 is 0 Å². The summed E-state index contributed by atoms with van der Waals surface area (Å²) in [6, 6.07) is 15.5. The van der Waals surface area contributed by atoms with E-state index in [-0.39, 0.29) is 11.9 Å². The van der Waals surface area contributed by atoms with Crippen molar-refractivity contribution in [3.8, 4) is 0 Å². The fourth-order valence-electron chi connectivity index (χ4n) is 4.23. The summed E-state index contributed by atoms with van der Waals surface area (Å²) in [7, 11) is -3.32. The standard InChI is InChI=1S/C21H25N3O3S/c1-16-14-18-15-17(8-9-20(18)24(16)28(2,26)27)21(25)23-12-10-22(11-13-23)19-6-4-3-5-7-19/h3-9,15-16H,10-14H2,1-2H3. The van der Waals surface area contributed by atoms with Crippen LogP contribution in [0.5, 0.6) is 0 Å². The van der Waals surface area contributed by atoms with Gasteiger partial charge in [0.15, 0.2) is 0 Å². The van der Waals surface area contributed by atoms with Gasteiger partial charge in [0.2, 0.25) is 10.0 Å². The molecule has 1 fully saturated rings. The first-order valence-electron chi connectivity index (χ1n) is 9.56. The van der Waals surface area contributed by atoms with E-state index in [2.05, 4.69) is 17.0 Å². The van der Waals surface area contributed by atoms with E-state index in [1.807, 2.05) is 36.1 Å². The third-order valence-electron chi connectivity index (χ3n) is 5.53. The number of sulfonamides is 1. The van der Waals surface area contributed by atoms with Crippen molar-refractivity contribution in [2.75, 3.05) is 41.6 Å². The highest BCUT2D eigenvalue weighted by Gasteiger charge is 2.33. The Balaban J connectivity index is 1.48. The second-order valence-electron chi connectivity index (χ2n) is 7.57. The van der Waals surface area contributed by atoms with Crippen molar-refractivity contribution >= 4 is 27.3 Å². The minimum Gasteiger partial charge on any atom is -0.368 e. The Morgan fingerprint density at radius 3 is 2.32 bits per heavy atom. The molecule has 6 nitrogen and oxygen atoms in total. The van der Waals surface area contributed by atoms with E-state index in [9.17, 15) is 13.2 Å². The van der Waals surface area contributed by atoms with Gasteiger partial charge in [0.25, 0.3) is 5.91 Å². The Kier molecular flexibility index (Phi) is 4.79. The summed E-state index contributed by atoms with van der Waals surface area (Å²) in [5.74, 6) is 0.0148. The van der Waals surface area contributed by atoms with Gasteiger partial charge < -0.3 is 9.80 Å². The van der Waals surface area contributed by atoms with Crippen LogP contribution in [0.3, 0.4) is 0 Å². The second kappa shape index (κ2) is 7.13. The predicted molar refractivity (Wildman–Crippen MR) is 111 cm³/mol. The molecule has 0 saturated carbocycles. The number of piperazine rings is 1. The van der Waals surface area contributed by atoms with Crippen LogP contribution in [-0.2, 0) is 16.4 Å². The molecule has 2 aromatic carbocycles. The van der Waals surface area contributed by atoms with Crippen LogP contribution in [0.1, 0.15) is 22.8 Å². The maximum Gasteiger partial charge on any atom is 0.253 e. The molecule has 7 heteroatoms. The van der Waals surface area contributed by atoms with Crippen LogP contribution >= 0.6 is 0 Å². The number of hydrogen-bond acceptors (Lipinski definition) is 4. The third-order valence-corrected chi connectivity index (χ3v) is 6.80. The van der Waals surface area contributed by atoms with Gasteiger partial charge in [-0.3, -0.25) is 9.10 Å². The van der Waals surface area contributed by atoms with Crippen LogP contribution in [-0.4, -0.2) is 57.7 Å². The van der Waals surface area contributed by atoms with E-state index in [1.54, 1.807) is 12.1 Å². The molecule has 2 aliphatic heterocycles. The van der Waals surface area contributed by atoms with Crippen molar-refractivity contribution in [2.24, 2.45) is 0 Å². The lowest BCUT2D eigenvalue weighted by Gasteiger charge is -2.36. The van der Waals surface area contributed by atoms with Crippen LogP contribution in [0.25, 0.3) is 0 Å². The van der Waals surface area contributed by atoms with Gasteiger partial charge >= 0.3 is 0 Å². The van der Waals surface area contributed by atoms with E-state index in [0.717, 1.165) is 18.7 Å². The minimum absolute atomic E-state index is 0.0148. The topological polar surface area (TPSA) is 60.9 Å². The summed E-state index contributed by atoms with van der Waals surface area (Å²) in [6.45, 7) is 4.86. The van der Waals surface area contributed by atoms with Gasteiger partial charge in [-0.25, -0.2) is 8.42 Å². The predicted octanol–water partition coefficient (Wildman–Crippen LogP) is 2.36. The summed E-state index contributed by atoms with van der Waals surface area (Å²) in [5, 5.41) is 0. The average molecular weight is 400 g/mol. The molecule has 0 spiro atoms. The molecule has 0 aromatic heterocycles. The first-order valence-corrected chi connectivity index (χ1v) is 11.4. The Labute approximate surface area is 166 Å². The van der Waals surface area contributed by atoms with Gasteiger partial charge in [0.1, 0.15) is 0 Å². The first kappa shape index (κ1) is 18.8. The Bertz CT molecular complexity index is 983. The molecule has 2 aliphatic rings. The Hall–Kier alpha value is -2.54. The molecule has 4 rings (SSSR count). The van der Waals surface area contributed by atoms with Crippen LogP contribution < -0.4 is 9.21 Å². The smallest absolute Gasteiger partial charge is 0.253 e.